The second-order valence-corrected chi connectivity index (χ2v) is 4.63. The van der Waals surface area contributed by atoms with Crippen LogP contribution in [0.4, 0.5) is 4.39 Å². The predicted octanol–water partition coefficient (Wildman–Crippen LogP) is 2.91. The first-order valence-corrected chi connectivity index (χ1v) is 5.20. The van der Waals surface area contributed by atoms with Crippen LogP contribution < -0.4 is 0 Å². The quantitative estimate of drug-likeness (QED) is 0.740. The average molecular weight is 235 g/mol. The molecule has 0 amide bonds. The Morgan fingerprint density at radius 2 is 2.12 bits per heavy atom. The van der Waals surface area contributed by atoms with Crippen LogP contribution in [0.15, 0.2) is 24.3 Å². The lowest BCUT2D eigenvalue weighted by atomic mass is 10.1. The Kier molecular flexibility index (Phi) is 3.84. The van der Waals surface area contributed by atoms with Crippen molar-refractivity contribution in [1.29, 1.82) is 5.26 Å². The molecule has 0 saturated carbocycles. The van der Waals surface area contributed by atoms with E-state index in [0.717, 1.165) is 0 Å². The van der Waals surface area contributed by atoms with Gasteiger partial charge in [0.15, 0.2) is 0 Å². The molecular weight excluding hydrogens is 221 g/mol. The topological polar surface area (TPSA) is 50.1 Å². The minimum Gasteiger partial charge on any atom is -0.458 e. The molecule has 1 unspecified atom stereocenters. The summed E-state index contributed by atoms with van der Waals surface area (Å²) < 4.78 is 18.7. The van der Waals surface area contributed by atoms with Gasteiger partial charge in [-0.05, 0) is 38.5 Å². The molecule has 1 atom stereocenters. The van der Waals surface area contributed by atoms with E-state index in [9.17, 15) is 9.18 Å². The van der Waals surface area contributed by atoms with Crippen molar-refractivity contribution >= 4 is 5.97 Å². The summed E-state index contributed by atoms with van der Waals surface area (Å²) in [5.41, 5.74) is -0.277. The molecule has 0 aliphatic heterocycles. The van der Waals surface area contributed by atoms with Crippen LogP contribution in [0.2, 0.25) is 0 Å². The number of benzene rings is 1. The molecule has 17 heavy (non-hydrogen) atoms. The number of alkyl halides is 1. The lowest BCUT2D eigenvalue weighted by Gasteiger charge is -2.21. The highest BCUT2D eigenvalue weighted by atomic mass is 19.1. The maximum atomic E-state index is 13.8. The summed E-state index contributed by atoms with van der Waals surface area (Å²) in [6, 6.07) is 7.77. The first kappa shape index (κ1) is 13.2. The molecule has 0 aromatic heterocycles. The molecule has 0 saturated heterocycles. The summed E-state index contributed by atoms with van der Waals surface area (Å²) in [4.78, 5) is 11.5. The van der Waals surface area contributed by atoms with E-state index in [2.05, 4.69) is 0 Å². The van der Waals surface area contributed by atoms with E-state index in [1.54, 1.807) is 26.8 Å². The van der Waals surface area contributed by atoms with Crippen molar-refractivity contribution in [3.05, 3.63) is 35.4 Å². The zero-order valence-corrected chi connectivity index (χ0v) is 10.0. The molecule has 3 nitrogen and oxygen atoms in total. The van der Waals surface area contributed by atoms with Gasteiger partial charge in [-0.25, -0.2) is 9.18 Å². The van der Waals surface area contributed by atoms with Crippen LogP contribution in [0.25, 0.3) is 0 Å². The summed E-state index contributed by atoms with van der Waals surface area (Å²) in [5.74, 6) is -0.937. The first-order chi connectivity index (χ1) is 7.83. The number of nitrogens with zero attached hydrogens (tertiary/aromatic N) is 1. The SMILES string of the molecule is CC(C)(C)OC(=O)C(F)c1cccc(C#N)c1. The Balaban J connectivity index is 2.86. The van der Waals surface area contributed by atoms with Crippen LogP contribution in [0.1, 0.15) is 38.1 Å². The number of hydrogen-bond donors (Lipinski definition) is 0. The van der Waals surface area contributed by atoms with E-state index >= 15 is 0 Å². The summed E-state index contributed by atoms with van der Waals surface area (Å²) in [6.07, 6.45) is -1.86. The van der Waals surface area contributed by atoms with Gasteiger partial charge in [0.2, 0.25) is 6.17 Å². The third-order valence-electron chi connectivity index (χ3n) is 1.92. The molecule has 0 fully saturated rings. The molecule has 1 aromatic carbocycles. The fourth-order valence-corrected chi connectivity index (χ4v) is 1.26. The normalized spacial score (nSPS) is 12.6. The van der Waals surface area contributed by atoms with Crippen LogP contribution in [0, 0.1) is 11.3 Å². The standard InChI is InChI=1S/C13H14FNO2/c1-13(2,3)17-12(16)11(14)10-6-4-5-9(7-10)8-15/h4-7,11H,1-3H3. The number of carbonyl (C=O) groups excluding carboxylic acids is 1. The molecule has 0 radical (unpaired) electrons. The molecule has 0 aliphatic rings. The van der Waals surface area contributed by atoms with E-state index in [1.807, 2.05) is 6.07 Å². The van der Waals surface area contributed by atoms with Gasteiger partial charge in [0.25, 0.3) is 0 Å². The third kappa shape index (κ3) is 3.87. The number of carbonyl (C=O) groups is 1. The van der Waals surface area contributed by atoms with Crippen molar-refractivity contribution in [3.63, 3.8) is 0 Å². The number of hydrogen-bond acceptors (Lipinski definition) is 3. The fraction of sp³-hybridized carbons (Fsp3) is 0.385. The van der Waals surface area contributed by atoms with E-state index in [1.165, 1.54) is 18.2 Å². The number of nitriles is 1. The van der Waals surface area contributed by atoms with Gasteiger partial charge in [0.05, 0.1) is 11.6 Å². The Labute approximate surface area is 99.8 Å². The highest BCUT2D eigenvalue weighted by molar-refractivity contribution is 5.76. The monoisotopic (exact) mass is 235 g/mol. The van der Waals surface area contributed by atoms with E-state index in [-0.39, 0.29) is 5.56 Å². The van der Waals surface area contributed by atoms with Crippen molar-refractivity contribution in [2.24, 2.45) is 0 Å². The molecule has 0 heterocycles. The van der Waals surface area contributed by atoms with Crippen molar-refractivity contribution < 1.29 is 13.9 Å². The number of esters is 1. The molecule has 90 valence electrons. The van der Waals surface area contributed by atoms with E-state index < -0.39 is 17.7 Å². The summed E-state index contributed by atoms with van der Waals surface area (Å²) in [6.45, 7) is 5.01. The van der Waals surface area contributed by atoms with Crippen LogP contribution in [-0.2, 0) is 9.53 Å². The Morgan fingerprint density at radius 1 is 1.47 bits per heavy atom. The van der Waals surface area contributed by atoms with Crippen molar-refractivity contribution in [3.8, 4) is 6.07 Å². The van der Waals surface area contributed by atoms with Crippen LogP contribution in [-0.4, -0.2) is 11.6 Å². The average Bonchev–Trinajstić information content (AvgIpc) is 2.26. The fourth-order valence-electron chi connectivity index (χ4n) is 1.26. The highest BCUT2D eigenvalue weighted by Crippen LogP contribution is 2.22. The predicted molar refractivity (Wildman–Crippen MR) is 60.9 cm³/mol. The maximum Gasteiger partial charge on any atom is 0.345 e. The molecule has 1 aromatic rings. The summed E-state index contributed by atoms with van der Waals surface area (Å²) >= 11 is 0. The minimum atomic E-state index is -1.86. The van der Waals surface area contributed by atoms with Gasteiger partial charge in [-0.3, -0.25) is 0 Å². The molecule has 0 N–H and O–H groups in total. The first-order valence-electron chi connectivity index (χ1n) is 5.20. The molecule has 0 aliphatic carbocycles. The van der Waals surface area contributed by atoms with Gasteiger partial charge in [-0.2, -0.15) is 5.26 Å². The van der Waals surface area contributed by atoms with Crippen molar-refractivity contribution in [1.82, 2.24) is 0 Å². The summed E-state index contributed by atoms with van der Waals surface area (Å²) in [5, 5.41) is 8.68. The second-order valence-electron chi connectivity index (χ2n) is 4.63. The van der Waals surface area contributed by atoms with Crippen molar-refractivity contribution in [2.45, 2.75) is 32.5 Å². The van der Waals surface area contributed by atoms with Crippen LogP contribution >= 0.6 is 0 Å². The highest BCUT2D eigenvalue weighted by Gasteiger charge is 2.26. The number of rotatable bonds is 2. The Bertz CT molecular complexity index is 457. The van der Waals surface area contributed by atoms with Gasteiger partial charge < -0.3 is 4.74 Å². The molecule has 1 rings (SSSR count). The Hall–Kier alpha value is -1.89. The van der Waals surface area contributed by atoms with Crippen molar-refractivity contribution in [2.75, 3.05) is 0 Å². The molecule has 0 spiro atoms. The van der Waals surface area contributed by atoms with Gasteiger partial charge >= 0.3 is 5.97 Å². The molecular formula is C13H14FNO2. The summed E-state index contributed by atoms with van der Waals surface area (Å²) in [7, 11) is 0. The van der Waals surface area contributed by atoms with E-state index in [4.69, 9.17) is 10.00 Å². The van der Waals surface area contributed by atoms with Gasteiger partial charge in [0, 0.05) is 0 Å². The largest absolute Gasteiger partial charge is 0.458 e. The minimum absolute atomic E-state index is 0.137. The number of ether oxygens (including phenoxy) is 1. The van der Waals surface area contributed by atoms with Gasteiger partial charge in [0.1, 0.15) is 5.60 Å². The van der Waals surface area contributed by atoms with Gasteiger partial charge in [-0.15, -0.1) is 0 Å². The maximum absolute atomic E-state index is 13.8. The zero-order valence-electron chi connectivity index (χ0n) is 10.0. The smallest absolute Gasteiger partial charge is 0.345 e. The van der Waals surface area contributed by atoms with E-state index in [0.29, 0.717) is 5.56 Å². The lowest BCUT2D eigenvalue weighted by molar-refractivity contribution is -0.161. The lowest BCUT2D eigenvalue weighted by Crippen LogP contribution is -2.26. The van der Waals surface area contributed by atoms with Crippen LogP contribution in [0.3, 0.4) is 0 Å². The zero-order chi connectivity index (χ0) is 13.1. The third-order valence-corrected chi connectivity index (χ3v) is 1.92. The van der Waals surface area contributed by atoms with Crippen LogP contribution in [0.5, 0.6) is 0 Å². The van der Waals surface area contributed by atoms with Gasteiger partial charge in [-0.1, -0.05) is 12.1 Å². The molecule has 0 bridgehead atoms. The second kappa shape index (κ2) is 4.96. The Morgan fingerprint density at radius 3 is 2.65 bits per heavy atom. The molecule has 4 heteroatoms. The number of halogens is 1.